The number of thioether (sulfide) groups is 1. The molecule has 2 aromatic carbocycles. The highest BCUT2D eigenvalue weighted by Gasteiger charge is 2.41. The Morgan fingerprint density at radius 3 is 2.69 bits per heavy atom. The van der Waals surface area contributed by atoms with Gasteiger partial charge in [-0.1, -0.05) is 30.0 Å². The third-order valence-corrected chi connectivity index (χ3v) is 5.86. The third-order valence-electron chi connectivity index (χ3n) is 4.65. The van der Waals surface area contributed by atoms with Crippen molar-refractivity contribution in [2.75, 3.05) is 30.2 Å². The number of aliphatic imine (C=N–C) groups is 1. The average molecular weight is 410 g/mol. The number of benzene rings is 2. The second-order valence-electron chi connectivity index (χ2n) is 6.68. The molecule has 0 radical (unpaired) electrons. The van der Waals surface area contributed by atoms with Crippen LogP contribution in [0.5, 0.6) is 5.75 Å². The highest BCUT2D eigenvalue weighted by molar-refractivity contribution is 8.15. The fraction of sp³-hybridized carbons (Fsp3) is 0.286. The molecular formula is C21H22N4O3S. The fourth-order valence-corrected chi connectivity index (χ4v) is 4.36. The maximum absolute atomic E-state index is 12.8. The Morgan fingerprint density at radius 2 is 1.97 bits per heavy atom. The topological polar surface area (TPSA) is 74.2 Å². The molecule has 0 aromatic heterocycles. The van der Waals surface area contributed by atoms with E-state index in [2.05, 4.69) is 10.3 Å². The van der Waals surface area contributed by atoms with Crippen molar-refractivity contribution >= 4 is 40.1 Å². The molecule has 1 atom stereocenters. The van der Waals surface area contributed by atoms with Gasteiger partial charge in [0, 0.05) is 17.8 Å². The zero-order chi connectivity index (χ0) is 20.2. The van der Waals surface area contributed by atoms with E-state index in [0.29, 0.717) is 30.8 Å². The Morgan fingerprint density at radius 1 is 1.21 bits per heavy atom. The number of carbonyl (C=O) groups excluding carboxylic acids is 2. The minimum Gasteiger partial charge on any atom is -0.494 e. The zero-order valence-electron chi connectivity index (χ0n) is 16.1. The third kappa shape index (κ3) is 4.37. The summed E-state index contributed by atoms with van der Waals surface area (Å²) in [5.41, 5.74) is 1.70. The zero-order valence-corrected chi connectivity index (χ0v) is 16.9. The van der Waals surface area contributed by atoms with Crippen LogP contribution in [-0.4, -0.2) is 47.1 Å². The lowest BCUT2D eigenvalue weighted by atomic mass is 10.2. The molecule has 2 aromatic rings. The first-order chi connectivity index (χ1) is 14.1. The summed E-state index contributed by atoms with van der Waals surface area (Å²) in [6, 6.07) is 17.1. The Kier molecular flexibility index (Phi) is 5.71. The quantitative estimate of drug-likeness (QED) is 0.792. The summed E-state index contributed by atoms with van der Waals surface area (Å²) in [5.74, 6) is 0.487. The van der Waals surface area contributed by atoms with Crippen LogP contribution in [0.3, 0.4) is 0 Å². The standard InChI is InChI=1S/C21H22N4O3S/c1-2-28-17-10-8-15(9-11-17)23-19(26)12-18-20(27)25-14-24(13-22-21(25)29-18)16-6-4-3-5-7-16/h3-11,18H,2,12-14H2,1H3,(H,23,26)/t18-/m0/s1. The highest BCUT2D eigenvalue weighted by Crippen LogP contribution is 2.33. The summed E-state index contributed by atoms with van der Waals surface area (Å²) in [7, 11) is 0. The molecule has 0 aliphatic carbocycles. The summed E-state index contributed by atoms with van der Waals surface area (Å²) in [6.45, 7) is 3.46. The van der Waals surface area contributed by atoms with Crippen LogP contribution >= 0.6 is 11.8 Å². The number of nitrogens with zero attached hydrogens (tertiary/aromatic N) is 3. The van der Waals surface area contributed by atoms with Crippen molar-refractivity contribution in [3.05, 3.63) is 54.6 Å². The van der Waals surface area contributed by atoms with Crippen LogP contribution in [0.4, 0.5) is 11.4 Å². The maximum Gasteiger partial charge on any atom is 0.244 e. The van der Waals surface area contributed by atoms with Crippen molar-refractivity contribution in [3.63, 3.8) is 0 Å². The average Bonchev–Trinajstić information content (AvgIpc) is 3.05. The van der Waals surface area contributed by atoms with E-state index in [1.165, 1.54) is 11.8 Å². The number of hydrogen-bond acceptors (Lipinski definition) is 6. The largest absolute Gasteiger partial charge is 0.494 e. The number of amidine groups is 1. The van der Waals surface area contributed by atoms with Crippen molar-refractivity contribution in [2.24, 2.45) is 4.99 Å². The molecule has 2 amide bonds. The minimum absolute atomic E-state index is 0.0729. The van der Waals surface area contributed by atoms with Crippen LogP contribution in [0, 0.1) is 0 Å². The Balaban J connectivity index is 1.35. The molecule has 4 rings (SSSR count). The molecule has 8 heteroatoms. The number of carbonyl (C=O) groups is 2. The van der Waals surface area contributed by atoms with Gasteiger partial charge in [-0.05, 0) is 43.3 Å². The van der Waals surface area contributed by atoms with Gasteiger partial charge in [0.15, 0.2) is 5.17 Å². The lowest BCUT2D eigenvalue weighted by molar-refractivity contribution is -0.128. The van der Waals surface area contributed by atoms with E-state index in [1.807, 2.05) is 54.3 Å². The Hall–Kier alpha value is -3.00. The van der Waals surface area contributed by atoms with Crippen LogP contribution in [0.2, 0.25) is 0 Å². The van der Waals surface area contributed by atoms with Crippen LogP contribution in [0.25, 0.3) is 0 Å². The summed E-state index contributed by atoms with van der Waals surface area (Å²) in [4.78, 5) is 33.5. The van der Waals surface area contributed by atoms with Gasteiger partial charge in [-0.25, -0.2) is 4.99 Å². The van der Waals surface area contributed by atoms with E-state index < -0.39 is 5.25 Å². The minimum atomic E-state index is -0.452. The smallest absolute Gasteiger partial charge is 0.244 e. The molecule has 0 unspecified atom stereocenters. The second kappa shape index (κ2) is 8.57. The number of amides is 2. The van der Waals surface area contributed by atoms with Crippen molar-refractivity contribution in [2.45, 2.75) is 18.6 Å². The molecule has 1 fully saturated rings. The Bertz CT molecular complexity index is 917. The molecule has 0 saturated carbocycles. The lowest BCUT2D eigenvalue weighted by Gasteiger charge is -2.32. The first kappa shape index (κ1) is 19.3. The summed E-state index contributed by atoms with van der Waals surface area (Å²) in [5, 5.41) is 3.09. The first-order valence-corrected chi connectivity index (χ1v) is 10.4. The molecule has 7 nitrogen and oxygen atoms in total. The van der Waals surface area contributed by atoms with E-state index in [4.69, 9.17) is 4.74 Å². The lowest BCUT2D eigenvalue weighted by Crippen LogP contribution is -2.46. The van der Waals surface area contributed by atoms with E-state index in [9.17, 15) is 9.59 Å². The van der Waals surface area contributed by atoms with Gasteiger partial charge >= 0.3 is 0 Å². The van der Waals surface area contributed by atoms with E-state index in [0.717, 1.165) is 11.4 Å². The van der Waals surface area contributed by atoms with Crippen LogP contribution in [-0.2, 0) is 9.59 Å². The van der Waals surface area contributed by atoms with Gasteiger partial charge in [0.25, 0.3) is 0 Å². The second-order valence-corrected chi connectivity index (χ2v) is 7.85. The van der Waals surface area contributed by atoms with Crippen LogP contribution < -0.4 is 15.0 Å². The van der Waals surface area contributed by atoms with Gasteiger partial charge in [0.2, 0.25) is 11.8 Å². The summed E-state index contributed by atoms with van der Waals surface area (Å²) < 4.78 is 5.40. The maximum atomic E-state index is 12.8. The summed E-state index contributed by atoms with van der Waals surface area (Å²) >= 11 is 1.37. The Labute approximate surface area is 173 Å². The van der Waals surface area contributed by atoms with Gasteiger partial charge in [-0.3, -0.25) is 14.5 Å². The molecule has 2 aliphatic rings. The number of fused-ring (bicyclic) bond motifs is 1. The van der Waals surface area contributed by atoms with Crippen molar-refractivity contribution < 1.29 is 14.3 Å². The van der Waals surface area contributed by atoms with Gasteiger partial charge < -0.3 is 15.0 Å². The predicted octanol–water partition coefficient (Wildman–Crippen LogP) is 3.15. The molecule has 29 heavy (non-hydrogen) atoms. The van der Waals surface area contributed by atoms with Gasteiger partial charge in [-0.15, -0.1) is 0 Å². The fourth-order valence-electron chi connectivity index (χ4n) is 3.24. The number of ether oxygens (including phenoxy) is 1. The van der Waals surface area contributed by atoms with Gasteiger partial charge in [0.1, 0.15) is 24.3 Å². The molecule has 0 spiro atoms. The molecule has 2 aliphatic heterocycles. The molecule has 150 valence electrons. The first-order valence-electron chi connectivity index (χ1n) is 9.49. The molecular weight excluding hydrogens is 388 g/mol. The van der Waals surface area contributed by atoms with Gasteiger partial charge in [-0.2, -0.15) is 0 Å². The molecule has 1 saturated heterocycles. The number of hydrogen-bond donors (Lipinski definition) is 1. The number of nitrogens with one attached hydrogen (secondary N) is 1. The number of rotatable bonds is 6. The van der Waals surface area contributed by atoms with Crippen molar-refractivity contribution in [1.29, 1.82) is 0 Å². The SMILES string of the molecule is CCOc1ccc(NC(=O)C[C@@H]2SC3=NCN(c4ccccc4)CN3C2=O)cc1. The van der Waals surface area contributed by atoms with E-state index >= 15 is 0 Å². The van der Waals surface area contributed by atoms with Crippen LogP contribution in [0.1, 0.15) is 13.3 Å². The summed E-state index contributed by atoms with van der Waals surface area (Å²) in [6.07, 6.45) is 0.109. The molecule has 1 N–H and O–H groups in total. The van der Waals surface area contributed by atoms with E-state index in [-0.39, 0.29) is 18.2 Å². The van der Waals surface area contributed by atoms with Crippen LogP contribution in [0.15, 0.2) is 59.6 Å². The monoisotopic (exact) mass is 410 g/mol. The van der Waals surface area contributed by atoms with Crippen molar-refractivity contribution in [3.8, 4) is 5.75 Å². The molecule has 0 bridgehead atoms. The predicted molar refractivity (Wildman–Crippen MR) is 115 cm³/mol. The normalized spacial score (nSPS) is 18.3. The number of para-hydroxylation sites is 1. The van der Waals surface area contributed by atoms with E-state index in [1.54, 1.807) is 17.0 Å². The number of anilines is 2. The van der Waals surface area contributed by atoms with Crippen molar-refractivity contribution in [1.82, 2.24) is 4.90 Å². The highest BCUT2D eigenvalue weighted by atomic mass is 32.2. The van der Waals surface area contributed by atoms with Gasteiger partial charge in [0.05, 0.1) is 6.61 Å². The molecule has 2 heterocycles.